The Morgan fingerprint density at radius 3 is 2.40 bits per heavy atom. The highest BCUT2D eigenvalue weighted by Gasteiger charge is 2.19. The van der Waals surface area contributed by atoms with Gasteiger partial charge in [0.2, 0.25) is 0 Å². The van der Waals surface area contributed by atoms with Crippen molar-refractivity contribution in [2.45, 2.75) is 12.8 Å². The molecule has 1 fully saturated rings. The number of carbonyl (C=O) groups is 2. The van der Waals surface area contributed by atoms with Gasteiger partial charge < -0.3 is 14.4 Å². The van der Waals surface area contributed by atoms with E-state index in [1.54, 1.807) is 17.0 Å². The molecule has 1 aliphatic rings. The number of nitrogens with zero attached hydrogens (tertiary/aromatic N) is 1. The Morgan fingerprint density at radius 2 is 1.75 bits per heavy atom. The maximum atomic E-state index is 11.7. The maximum Gasteiger partial charge on any atom is 0.344 e. The van der Waals surface area contributed by atoms with E-state index in [1.165, 1.54) is 0 Å². The number of hydrogen-bond donors (Lipinski definition) is 0. The van der Waals surface area contributed by atoms with Gasteiger partial charge in [-0.3, -0.25) is 4.79 Å². The summed E-state index contributed by atoms with van der Waals surface area (Å²) in [4.78, 5) is 24.9. The molecule has 0 atom stereocenters. The summed E-state index contributed by atoms with van der Waals surface area (Å²) in [5, 5.41) is 0. The molecular formula is C14H16BrNO4. The maximum absolute atomic E-state index is 11.7. The van der Waals surface area contributed by atoms with Gasteiger partial charge in [-0.15, -0.1) is 0 Å². The topological polar surface area (TPSA) is 55.8 Å². The molecule has 0 saturated carbocycles. The third-order valence-electron chi connectivity index (χ3n) is 2.99. The lowest BCUT2D eigenvalue weighted by Crippen LogP contribution is -2.32. The van der Waals surface area contributed by atoms with Crippen LogP contribution in [-0.4, -0.2) is 43.1 Å². The molecule has 108 valence electrons. The molecule has 1 aromatic carbocycles. The molecule has 0 aromatic heterocycles. The number of benzene rings is 1. The zero-order valence-electron chi connectivity index (χ0n) is 11.0. The number of hydrogen-bond acceptors (Lipinski definition) is 4. The fourth-order valence-corrected chi connectivity index (χ4v) is 2.18. The molecule has 1 amide bonds. The summed E-state index contributed by atoms with van der Waals surface area (Å²) in [6.07, 6.45) is 2.04. The molecule has 1 aromatic rings. The van der Waals surface area contributed by atoms with Crippen molar-refractivity contribution in [3.8, 4) is 5.75 Å². The number of carbonyl (C=O) groups excluding carboxylic acids is 2. The highest BCUT2D eigenvalue weighted by atomic mass is 79.9. The van der Waals surface area contributed by atoms with Gasteiger partial charge in [0, 0.05) is 17.6 Å². The molecular weight excluding hydrogens is 326 g/mol. The molecule has 1 aliphatic heterocycles. The predicted molar refractivity (Wildman–Crippen MR) is 76.4 cm³/mol. The van der Waals surface area contributed by atoms with Crippen LogP contribution in [0.1, 0.15) is 12.8 Å². The normalized spacial score (nSPS) is 14.2. The lowest BCUT2D eigenvalue weighted by atomic mass is 10.3. The second-order valence-electron chi connectivity index (χ2n) is 4.49. The van der Waals surface area contributed by atoms with Crippen molar-refractivity contribution >= 4 is 27.8 Å². The minimum Gasteiger partial charge on any atom is -0.482 e. The van der Waals surface area contributed by atoms with Gasteiger partial charge in [0.15, 0.2) is 13.2 Å². The van der Waals surface area contributed by atoms with Crippen LogP contribution in [0.5, 0.6) is 5.75 Å². The third kappa shape index (κ3) is 4.52. The van der Waals surface area contributed by atoms with Gasteiger partial charge in [-0.25, -0.2) is 4.79 Å². The summed E-state index contributed by atoms with van der Waals surface area (Å²) in [6.45, 7) is 1.11. The van der Waals surface area contributed by atoms with Crippen molar-refractivity contribution in [1.29, 1.82) is 0 Å². The second kappa shape index (κ2) is 7.28. The summed E-state index contributed by atoms with van der Waals surface area (Å²) < 4.78 is 11.1. The summed E-state index contributed by atoms with van der Waals surface area (Å²) in [6, 6.07) is 7.12. The van der Waals surface area contributed by atoms with E-state index in [-0.39, 0.29) is 19.1 Å². The van der Waals surface area contributed by atoms with Crippen LogP contribution in [0.15, 0.2) is 28.7 Å². The van der Waals surface area contributed by atoms with Gasteiger partial charge in [0.1, 0.15) is 5.75 Å². The monoisotopic (exact) mass is 341 g/mol. The number of amides is 1. The first kappa shape index (κ1) is 14.8. The van der Waals surface area contributed by atoms with Crippen molar-refractivity contribution in [2.75, 3.05) is 26.3 Å². The Balaban J connectivity index is 1.67. The Labute approximate surface area is 126 Å². The first-order chi connectivity index (χ1) is 9.65. The standard InChI is InChI=1S/C14H16BrNO4/c15-11-3-5-12(6-4-11)19-10-14(18)20-9-13(17)16-7-1-2-8-16/h3-6H,1-2,7-10H2. The van der Waals surface area contributed by atoms with Gasteiger partial charge >= 0.3 is 5.97 Å². The van der Waals surface area contributed by atoms with Crippen LogP contribution < -0.4 is 4.74 Å². The van der Waals surface area contributed by atoms with Crippen LogP contribution >= 0.6 is 15.9 Å². The molecule has 0 radical (unpaired) electrons. The highest BCUT2D eigenvalue weighted by Crippen LogP contribution is 2.16. The van der Waals surface area contributed by atoms with Crippen LogP contribution in [0.2, 0.25) is 0 Å². The number of esters is 1. The van der Waals surface area contributed by atoms with E-state index in [4.69, 9.17) is 9.47 Å². The summed E-state index contributed by atoms with van der Waals surface area (Å²) in [5.41, 5.74) is 0. The largest absolute Gasteiger partial charge is 0.482 e. The Kier molecular flexibility index (Phi) is 5.40. The van der Waals surface area contributed by atoms with Crippen molar-refractivity contribution in [2.24, 2.45) is 0 Å². The van der Waals surface area contributed by atoms with Crippen molar-refractivity contribution in [3.05, 3.63) is 28.7 Å². The fourth-order valence-electron chi connectivity index (χ4n) is 1.91. The van der Waals surface area contributed by atoms with Crippen molar-refractivity contribution in [3.63, 3.8) is 0 Å². The summed E-state index contributed by atoms with van der Waals surface area (Å²) >= 11 is 3.31. The molecule has 1 saturated heterocycles. The van der Waals surface area contributed by atoms with Crippen LogP contribution in [0, 0.1) is 0 Å². The number of halogens is 1. The third-order valence-corrected chi connectivity index (χ3v) is 3.51. The molecule has 0 N–H and O–H groups in total. The molecule has 0 aliphatic carbocycles. The van der Waals surface area contributed by atoms with Crippen molar-refractivity contribution < 1.29 is 19.1 Å². The van der Waals surface area contributed by atoms with E-state index in [1.807, 2.05) is 12.1 Å². The van der Waals surface area contributed by atoms with E-state index < -0.39 is 5.97 Å². The number of rotatable bonds is 5. The molecule has 1 heterocycles. The second-order valence-corrected chi connectivity index (χ2v) is 5.41. The van der Waals surface area contributed by atoms with E-state index in [0.717, 1.165) is 30.4 Å². The van der Waals surface area contributed by atoms with Gasteiger partial charge in [0.25, 0.3) is 5.91 Å². The van der Waals surface area contributed by atoms with E-state index in [2.05, 4.69) is 15.9 Å². The zero-order valence-corrected chi connectivity index (χ0v) is 12.6. The summed E-state index contributed by atoms with van der Waals surface area (Å²) in [5.74, 6) is -0.101. The number of likely N-dealkylation sites (tertiary alicyclic amines) is 1. The molecule has 0 bridgehead atoms. The lowest BCUT2D eigenvalue weighted by Gasteiger charge is -2.14. The fraction of sp³-hybridized carbons (Fsp3) is 0.429. The van der Waals surface area contributed by atoms with Crippen molar-refractivity contribution in [1.82, 2.24) is 4.90 Å². The Hall–Kier alpha value is -1.56. The lowest BCUT2D eigenvalue weighted by molar-refractivity contribution is -0.153. The van der Waals surface area contributed by atoms with Crippen LogP contribution in [-0.2, 0) is 14.3 Å². The molecule has 0 spiro atoms. The number of ether oxygens (including phenoxy) is 2. The minimum atomic E-state index is -0.541. The Bertz CT molecular complexity index is 469. The smallest absolute Gasteiger partial charge is 0.344 e. The van der Waals surface area contributed by atoms with Gasteiger partial charge in [-0.05, 0) is 37.1 Å². The van der Waals surface area contributed by atoms with Gasteiger partial charge in [-0.2, -0.15) is 0 Å². The van der Waals surface area contributed by atoms with E-state index in [0.29, 0.717) is 5.75 Å². The van der Waals surface area contributed by atoms with Crippen LogP contribution in [0.25, 0.3) is 0 Å². The molecule has 20 heavy (non-hydrogen) atoms. The van der Waals surface area contributed by atoms with E-state index in [9.17, 15) is 9.59 Å². The van der Waals surface area contributed by atoms with Gasteiger partial charge in [-0.1, -0.05) is 15.9 Å². The molecule has 5 nitrogen and oxygen atoms in total. The predicted octanol–water partition coefficient (Wildman–Crippen LogP) is 1.99. The highest BCUT2D eigenvalue weighted by molar-refractivity contribution is 9.10. The van der Waals surface area contributed by atoms with Crippen LogP contribution in [0.3, 0.4) is 0 Å². The first-order valence-electron chi connectivity index (χ1n) is 6.47. The summed E-state index contributed by atoms with van der Waals surface area (Å²) in [7, 11) is 0. The van der Waals surface area contributed by atoms with E-state index >= 15 is 0 Å². The average molecular weight is 342 g/mol. The SMILES string of the molecule is O=C(COc1ccc(Br)cc1)OCC(=O)N1CCCC1. The minimum absolute atomic E-state index is 0.139. The Morgan fingerprint density at radius 1 is 1.10 bits per heavy atom. The average Bonchev–Trinajstić information content (AvgIpc) is 2.98. The molecule has 2 rings (SSSR count). The quantitative estimate of drug-likeness (QED) is 0.768. The molecule has 0 unspecified atom stereocenters. The first-order valence-corrected chi connectivity index (χ1v) is 7.26. The molecule has 6 heteroatoms. The van der Waals surface area contributed by atoms with Gasteiger partial charge in [0.05, 0.1) is 0 Å². The zero-order chi connectivity index (χ0) is 14.4. The van der Waals surface area contributed by atoms with Crippen LogP contribution in [0.4, 0.5) is 0 Å².